The minimum absolute atomic E-state index is 0.146. The Bertz CT molecular complexity index is 408. The summed E-state index contributed by atoms with van der Waals surface area (Å²) in [5.74, 6) is 0. The minimum atomic E-state index is -4.41. The maximum absolute atomic E-state index is 11.6. The fraction of sp³-hybridized carbons (Fsp3) is 1.00. The monoisotopic (exact) mass is 392 g/mol. The normalized spacial score (nSPS) is 14.5. The van der Waals surface area contributed by atoms with E-state index in [-0.39, 0.29) is 12.8 Å². The highest BCUT2D eigenvalue weighted by atomic mass is 32.2. The Kier molecular flexibility index (Phi) is 15.8. The van der Waals surface area contributed by atoms with Crippen LogP contribution >= 0.6 is 0 Å². The van der Waals surface area contributed by atoms with Gasteiger partial charge in [-0.15, -0.1) is 0 Å². The van der Waals surface area contributed by atoms with E-state index in [1.54, 1.807) is 0 Å². The Hall–Kier alpha value is -0.130. The predicted molar refractivity (Wildman–Crippen MR) is 111 cm³/mol. The lowest BCUT2D eigenvalue weighted by Crippen LogP contribution is -2.38. The first-order valence-electron chi connectivity index (χ1n) is 11.1. The highest BCUT2D eigenvalue weighted by molar-refractivity contribution is 7.87. The number of aliphatic hydroxyl groups is 1. The molecule has 0 aromatic rings. The molecule has 5 heteroatoms. The third-order valence-electron chi connectivity index (χ3n) is 5.32. The van der Waals surface area contributed by atoms with Crippen LogP contribution in [0.2, 0.25) is 0 Å². The largest absolute Gasteiger partial charge is 0.372 e. The third-order valence-corrected chi connectivity index (χ3v) is 6.69. The first-order chi connectivity index (χ1) is 12.4. The first-order valence-corrected chi connectivity index (χ1v) is 12.5. The summed E-state index contributed by atoms with van der Waals surface area (Å²) < 4.78 is 32.6. The lowest BCUT2D eigenvalue weighted by Gasteiger charge is -2.24. The molecule has 0 saturated carbocycles. The molecule has 0 spiro atoms. The van der Waals surface area contributed by atoms with E-state index in [9.17, 15) is 18.1 Å². The molecule has 0 aliphatic rings. The van der Waals surface area contributed by atoms with E-state index in [4.69, 9.17) is 0 Å². The lowest BCUT2D eigenvalue weighted by atomic mass is 10.0. The van der Waals surface area contributed by atoms with Crippen LogP contribution in [0.1, 0.15) is 129 Å². The summed E-state index contributed by atoms with van der Waals surface area (Å²) in [6.07, 6.45) is 18.2. The fourth-order valence-corrected chi connectivity index (χ4v) is 4.26. The smallest absolute Gasteiger partial charge is 0.294 e. The van der Waals surface area contributed by atoms with Gasteiger partial charge in [-0.2, -0.15) is 8.42 Å². The van der Waals surface area contributed by atoms with Crippen LogP contribution < -0.4 is 0 Å². The van der Waals surface area contributed by atoms with Crippen molar-refractivity contribution in [2.24, 2.45) is 0 Å². The van der Waals surface area contributed by atoms with E-state index in [1.807, 2.05) is 0 Å². The standard InChI is InChI=1S/C21H44O4S/c1-3-5-7-9-10-11-12-13-14-16-18-20-21(22,26(23,24)25)19-17-15-8-6-4-2/h22H,3-20H2,1-2H3,(H,23,24,25). The Labute approximate surface area is 162 Å². The van der Waals surface area contributed by atoms with E-state index < -0.39 is 15.1 Å². The predicted octanol–water partition coefficient (Wildman–Crippen LogP) is 6.62. The van der Waals surface area contributed by atoms with Crippen molar-refractivity contribution in [2.75, 3.05) is 0 Å². The molecule has 0 bridgehead atoms. The van der Waals surface area contributed by atoms with Crippen molar-refractivity contribution in [2.45, 2.75) is 134 Å². The van der Waals surface area contributed by atoms with Gasteiger partial charge in [0, 0.05) is 0 Å². The van der Waals surface area contributed by atoms with Crippen LogP contribution in [0.25, 0.3) is 0 Å². The van der Waals surface area contributed by atoms with E-state index >= 15 is 0 Å². The maximum atomic E-state index is 11.6. The summed E-state index contributed by atoms with van der Waals surface area (Å²) >= 11 is 0. The SMILES string of the molecule is CCCCCCCCCCCCCC(O)(CCCCCCC)S(=O)(=O)O. The second kappa shape index (κ2) is 15.9. The van der Waals surface area contributed by atoms with Crippen LogP contribution in [-0.2, 0) is 10.1 Å². The van der Waals surface area contributed by atoms with Crippen LogP contribution in [0.3, 0.4) is 0 Å². The molecule has 4 nitrogen and oxygen atoms in total. The van der Waals surface area contributed by atoms with Gasteiger partial charge in [-0.3, -0.25) is 4.55 Å². The van der Waals surface area contributed by atoms with Gasteiger partial charge < -0.3 is 5.11 Å². The summed E-state index contributed by atoms with van der Waals surface area (Å²) in [7, 11) is -4.41. The van der Waals surface area contributed by atoms with Crippen LogP contribution in [-0.4, -0.2) is 23.0 Å². The molecule has 0 aromatic carbocycles. The molecular weight excluding hydrogens is 348 g/mol. The van der Waals surface area contributed by atoms with Crippen molar-refractivity contribution in [1.29, 1.82) is 0 Å². The minimum Gasteiger partial charge on any atom is -0.372 e. The number of hydrogen-bond acceptors (Lipinski definition) is 3. The van der Waals surface area contributed by atoms with Gasteiger partial charge in [0.05, 0.1) is 0 Å². The van der Waals surface area contributed by atoms with Crippen molar-refractivity contribution in [3.05, 3.63) is 0 Å². The molecule has 0 radical (unpaired) electrons. The van der Waals surface area contributed by atoms with Gasteiger partial charge in [0.15, 0.2) is 4.93 Å². The molecular formula is C21H44O4S. The molecule has 2 N–H and O–H groups in total. The van der Waals surface area contributed by atoms with Gasteiger partial charge in [0.2, 0.25) is 0 Å². The molecule has 26 heavy (non-hydrogen) atoms. The van der Waals surface area contributed by atoms with Gasteiger partial charge >= 0.3 is 0 Å². The highest BCUT2D eigenvalue weighted by Gasteiger charge is 2.39. The number of unbranched alkanes of at least 4 members (excludes halogenated alkanes) is 14. The van der Waals surface area contributed by atoms with Crippen molar-refractivity contribution in [1.82, 2.24) is 0 Å². The summed E-state index contributed by atoms with van der Waals surface area (Å²) in [4.78, 5) is -1.95. The summed E-state index contributed by atoms with van der Waals surface area (Å²) in [6, 6.07) is 0. The average molecular weight is 393 g/mol. The van der Waals surface area contributed by atoms with Crippen molar-refractivity contribution in [3.63, 3.8) is 0 Å². The molecule has 0 fully saturated rings. The molecule has 0 aliphatic carbocycles. The van der Waals surface area contributed by atoms with E-state index in [2.05, 4.69) is 13.8 Å². The Morgan fingerprint density at radius 3 is 1.12 bits per heavy atom. The molecule has 0 heterocycles. The molecule has 0 aliphatic heterocycles. The zero-order chi connectivity index (χ0) is 19.7. The Balaban J connectivity index is 3.84. The van der Waals surface area contributed by atoms with E-state index in [0.29, 0.717) is 12.8 Å². The van der Waals surface area contributed by atoms with Crippen LogP contribution in [0.4, 0.5) is 0 Å². The van der Waals surface area contributed by atoms with E-state index in [0.717, 1.165) is 38.5 Å². The quantitative estimate of drug-likeness (QED) is 0.191. The Morgan fingerprint density at radius 1 is 0.577 bits per heavy atom. The fourth-order valence-electron chi connectivity index (χ4n) is 3.45. The molecule has 158 valence electrons. The maximum Gasteiger partial charge on any atom is 0.294 e. The lowest BCUT2D eigenvalue weighted by molar-refractivity contribution is 0.0884. The third kappa shape index (κ3) is 13.1. The highest BCUT2D eigenvalue weighted by Crippen LogP contribution is 2.28. The van der Waals surface area contributed by atoms with Gasteiger partial charge in [0.1, 0.15) is 0 Å². The van der Waals surface area contributed by atoms with Gasteiger partial charge in [-0.05, 0) is 25.7 Å². The second-order valence-electron chi connectivity index (χ2n) is 7.87. The first kappa shape index (κ1) is 25.9. The van der Waals surface area contributed by atoms with Crippen LogP contribution in [0.15, 0.2) is 0 Å². The zero-order valence-corrected chi connectivity index (χ0v) is 18.2. The zero-order valence-electron chi connectivity index (χ0n) is 17.3. The van der Waals surface area contributed by atoms with Gasteiger partial charge in [0.25, 0.3) is 10.1 Å². The van der Waals surface area contributed by atoms with Crippen LogP contribution in [0.5, 0.6) is 0 Å². The molecule has 1 unspecified atom stereocenters. The van der Waals surface area contributed by atoms with Crippen molar-refractivity contribution >= 4 is 10.1 Å². The molecule has 1 atom stereocenters. The van der Waals surface area contributed by atoms with Crippen molar-refractivity contribution < 1.29 is 18.1 Å². The van der Waals surface area contributed by atoms with Crippen LogP contribution in [0, 0.1) is 0 Å². The molecule has 0 saturated heterocycles. The molecule has 0 rings (SSSR count). The summed E-state index contributed by atoms with van der Waals surface area (Å²) in [5, 5.41) is 10.4. The van der Waals surface area contributed by atoms with Gasteiger partial charge in [-0.25, -0.2) is 0 Å². The molecule has 0 aromatic heterocycles. The second-order valence-corrected chi connectivity index (χ2v) is 9.58. The van der Waals surface area contributed by atoms with E-state index in [1.165, 1.54) is 51.4 Å². The topological polar surface area (TPSA) is 74.6 Å². The summed E-state index contributed by atoms with van der Waals surface area (Å²) in [5.41, 5.74) is 0. The average Bonchev–Trinajstić information content (AvgIpc) is 2.58. The molecule has 0 amide bonds. The van der Waals surface area contributed by atoms with Crippen molar-refractivity contribution in [3.8, 4) is 0 Å². The number of rotatable bonds is 19. The Morgan fingerprint density at radius 2 is 0.846 bits per heavy atom. The summed E-state index contributed by atoms with van der Waals surface area (Å²) in [6.45, 7) is 4.36. The number of hydrogen-bond donors (Lipinski definition) is 2. The van der Waals surface area contributed by atoms with Gasteiger partial charge in [-0.1, -0.05) is 104 Å².